The van der Waals surface area contributed by atoms with Gasteiger partial charge in [0.2, 0.25) is 11.8 Å². The van der Waals surface area contributed by atoms with E-state index in [2.05, 4.69) is 25.9 Å². The molecule has 0 saturated carbocycles. The molecule has 150 valence electrons. The van der Waals surface area contributed by atoms with E-state index < -0.39 is 0 Å². The smallest absolute Gasteiger partial charge is 0.243 e. The number of carbonyl (C=O) groups excluding carboxylic acids is 1. The number of amides is 1. The van der Waals surface area contributed by atoms with Crippen molar-refractivity contribution < 1.29 is 9.21 Å². The van der Waals surface area contributed by atoms with Gasteiger partial charge >= 0.3 is 0 Å². The molecular formula is C22H25N5O2. The monoisotopic (exact) mass is 391 g/mol. The van der Waals surface area contributed by atoms with Crippen LogP contribution < -0.4 is 16.0 Å². The van der Waals surface area contributed by atoms with Gasteiger partial charge in [0.25, 0.3) is 0 Å². The number of guanidine groups is 1. The number of aliphatic imine (C=N–C) groups is 1. The number of aryl methyl sites for hydroxylation is 1. The number of carbonyl (C=O) groups is 1. The zero-order chi connectivity index (χ0) is 20.5. The molecule has 0 spiro atoms. The Labute approximate surface area is 170 Å². The Hall–Kier alpha value is -3.61. The molecule has 2 aromatic carbocycles. The lowest BCUT2D eigenvalue weighted by atomic mass is 10.1. The van der Waals surface area contributed by atoms with E-state index in [0.717, 1.165) is 11.3 Å². The number of para-hydroxylation sites is 1. The van der Waals surface area contributed by atoms with Crippen molar-refractivity contribution in [3.05, 3.63) is 72.1 Å². The first kappa shape index (κ1) is 20.1. The molecule has 7 nitrogen and oxygen atoms in total. The SMILES string of the molecule is CCNC(=NCc1coc(-c2ccc(C)cc2)n1)NCC(=O)Nc1ccccc1. The summed E-state index contributed by atoms with van der Waals surface area (Å²) < 4.78 is 5.56. The van der Waals surface area contributed by atoms with Crippen LogP contribution >= 0.6 is 0 Å². The minimum Gasteiger partial charge on any atom is -0.444 e. The molecule has 0 radical (unpaired) electrons. The molecule has 0 bridgehead atoms. The van der Waals surface area contributed by atoms with Crippen LogP contribution in [0.15, 0.2) is 70.3 Å². The summed E-state index contributed by atoms with van der Waals surface area (Å²) in [5.41, 5.74) is 3.58. The summed E-state index contributed by atoms with van der Waals surface area (Å²) in [6.45, 7) is 5.13. The van der Waals surface area contributed by atoms with Crippen molar-refractivity contribution in [2.75, 3.05) is 18.4 Å². The molecule has 0 fully saturated rings. The van der Waals surface area contributed by atoms with Crippen molar-refractivity contribution in [1.29, 1.82) is 0 Å². The summed E-state index contributed by atoms with van der Waals surface area (Å²) in [6.07, 6.45) is 1.60. The van der Waals surface area contributed by atoms with Crippen LogP contribution in [0.5, 0.6) is 0 Å². The number of oxazole rings is 1. The highest BCUT2D eigenvalue weighted by atomic mass is 16.3. The first-order valence-corrected chi connectivity index (χ1v) is 9.52. The van der Waals surface area contributed by atoms with E-state index in [9.17, 15) is 4.79 Å². The number of benzene rings is 2. The topological polar surface area (TPSA) is 91.6 Å². The second kappa shape index (κ2) is 10.1. The molecule has 1 heterocycles. The van der Waals surface area contributed by atoms with Crippen molar-refractivity contribution in [3.63, 3.8) is 0 Å². The summed E-state index contributed by atoms with van der Waals surface area (Å²) in [5, 5.41) is 8.97. The molecule has 0 saturated heterocycles. The number of hydrogen-bond donors (Lipinski definition) is 3. The van der Waals surface area contributed by atoms with Gasteiger partial charge in [-0.25, -0.2) is 9.98 Å². The molecule has 7 heteroatoms. The van der Waals surface area contributed by atoms with E-state index in [1.54, 1.807) is 6.26 Å². The fourth-order valence-corrected chi connectivity index (χ4v) is 2.60. The highest BCUT2D eigenvalue weighted by Gasteiger charge is 2.08. The summed E-state index contributed by atoms with van der Waals surface area (Å²) in [5.74, 6) is 0.955. The average Bonchev–Trinajstić information content (AvgIpc) is 3.20. The van der Waals surface area contributed by atoms with Gasteiger partial charge in [-0.15, -0.1) is 0 Å². The third kappa shape index (κ3) is 6.21. The molecule has 0 aliphatic heterocycles. The van der Waals surface area contributed by atoms with E-state index >= 15 is 0 Å². The maximum absolute atomic E-state index is 12.1. The van der Waals surface area contributed by atoms with Crippen molar-refractivity contribution >= 4 is 17.6 Å². The minimum atomic E-state index is -0.148. The lowest BCUT2D eigenvalue weighted by molar-refractivity contribution is -0.115. The molecule has 3 aromatic rings. The lowest BCUT2D eigenvalue weighted by Gasteiger charge is -2.11. The lowest BCUT2D eigenvalue weighted by Crippen LogP contribution is -2.41. The Balaban J connectivity index is 1.56. The fraction of sp³-hybridized carbons (Fsp3) is 0.227. The molecular weight excluding hydrogens is 366 g/mol. The number of aromatic nitrogens is 1. The third-order valence-corrected chi connectivity index (χ3v) is 4.07. The van der Waals surface area contributed by atoms with Gasteiger partial charge in [0.1, 0.15) is 12.0 Å². The van der Waals surface area contributed by atoms with Gasteiger partial charge in [-0.3, -0.25) is 4.79 Å². The molecule has 0 aliphatic carbocycles. The number of anilines is 1. The van der Waals surface area contributed by atoms with E-state index in [-0.39, 0.29) is 12.5 Å². The first-order chi connectivity index (χ1) is 14.1. The van der Waals surface area contributed by atoms with Crippen molar-refractivity contribution in [2.45, 2.75) is 20.4 Å². The standard InChI is InChI=1S/C22H25N5O2/c1-3-23-22(25-14-20(28)26-18-7-5-4-6-8-18)24-13-19-15-29-21(27-19)17-11-9-16(2)10-12-17/h4-12,15H,3,13-14H2,1-2H3,(H,26,28)(H2,23,24,25). The van der Waals surface area contributed by atoms with E-state index in [4.69, 9.17) is 4.42 Å². The third-order valence-electron chi connectivity index (χ3n) is 4.07. The van der Waals surface area contributed by atoms with Crippen LogP contribution in [0, 0.1) is 6.92 Å². The highest BCUT2D eigenvalue weighted by Crippen LogP contribution is 2.19. The van der Waals surface area contributed by atoms with Gasteiger partial charge in [-0.2, -0.15) is 0 Å². The molecule has 1 amide bonds. The van der Waals surface area contributed by atoms with Gasteiger partial charge in [0.05, 0.1) is 13.1 Å². The second-order valence-corrected chi connectivity index (χ2v) is 6.47. The summed E-state index contributed by atoms with van der Waals surface area (Å²) in [4.78, 5) is 21.1. The maximum atomic E-state index is 12.1. The Morgan fingerprint density at radius 3 is 2.55 bits per heavy atom. The Bertz CT molecular complexity index is 949. The number of rotatable bonds is 7. The largest absolute Gasteiger partial charge is 0.444 e. The molecule has 3 rings (SSSR count). The Morgan fingerprint density at radius 2 is 1.83 bits per heavy atom. The number of hydrogen-bond acceptors (Lipinski definition) is 4. The molecule has 0 atom stereocenters. The van der Waals surface area contributed by atoms with Crippen molar-refractivity contribution in [1.82, 2.24) is 15.6 Å². The van der Waals surface area contributed by atoms with E-state index in [1.165, 1.54) is 5.56 Å². The van der Waals surface area contributed by atoms with Gasteiger partial charge in [0.15, 0.2) is 5.96 Å². The van der Waals surface area contributed by atoms with Crippen LogP contribution in [-0.2, 0) is 11.3 Å². The van der Waals surface area contributed by atoms with Gasteiger partial charge in [0, 0.05) is 17.8 Å². The average molecular weight is 391 g/mol. The predicted octanol–water partition coefficient (Wildman–Crippen LogP) is 3.34. The van der Waals surface area contributed by atoms with Crippen molar-refractivity contribution in [3.8, 4) is 11.5 Å². The number of nitrogens with zero attached hydrogens (tertiary/aromatic N) is 2. The fourth-order valence-electron chi connectivity index (χ4n) is 2.60. The molecule has 29 heavy (non-hydrogen) atoms. The van der Waals surface area contributed by atoms with E-state index in [0.29, 0.717) is 30.6 Å². The van der Waals surface area contributed by atoms with Crippen molar-refractivity contribution in [2.24, 2.45) is 4.99 Å². The van der Waals surface area contributed by atoms with Crippen LogP contribution in [0.2, 0.25) is 0 Å². The van der Waals surface area contributed by atoms with Gasteiger partial charge < -0.3 is 20.4 Å². The quantitative estimate of drug-likeness (QED) is 0.424. The second-order valence-electron chi connectivity index (χ2n) is 6.47. The van der Waals surface area contributed by atoms with Gasteiger partial charge in [-0.1, -0.05) is 35.9 Å². The van der Waals surface area contributed by atoms with Crippen LogP contribution in [0.4, 0.5) is 5.69 Å². The summed E-state index contributed by atoms with van der Waals surface area (Å²) in [7, 11) is 0. The molecule has 0 aliphatic rings. The Morgan fingerprint density at radius 1 is 1.07 bits per heavy atom. The normalized spacial score (nSPS) is 11.2. The summed E-state index contributed by atoms with van der Waals surface area (Å²) in [6, 6.07) is 17.3. The zero-order valence-corrected chi connectivity index (χ0v) is 16.6. The maximum Gasteiger partial charge on any atom is 0.243 e. The first-order valence-electron chi connectivity index (χ1n) is 9.52. The predicted molar refractivity (Wildman–Crippen MR) is 115 cm³/mol. The molecule has 3 N–H and O–H groups in total. The highest BCUT2D eigenvalue weighted by molar-refractivity contribution is 5.94. The summed E-state index contributed by atoms with van der Waals surface area (Å²) >= 11 is 0. The van der Waals surface area contributed by atoms with E-state index in [1.807, 2.05) is 68.4 Å². The molecule has 0 unspecified atom stereocenters. The van der Waals surface area contributed by atoms with Crippen LogP contribution in [-0.4, -0.2) is 29.9 Å². The Kier molecular flexibility index (Phi) is 7.00. The zero-order valence-electron chi connectivity index (χ0n) is 16.6. The van der Waals surface area contributed by atoms with Gasteiger partial charge in [-0.05, 0) is 38.1 Å². The minimum absolute atomic E-state index is 0.105. The molecule has 1 aromatic heterocycles. The van der Waals surface area contributed by atoms with Crippen LogP contribution in [0.1, 0.15) is 18.2 Å². The van der Waals surface area contributed by atoms with Crippen LogP contribution in [0.25, 0.3) is 11.5 Å². The van der Waals surface area contributed by atoms with Crippen LogP contribution in [0.3, 0.4) is 0 Å². The number of nitrogens with one attached hydrogen (secondary N) is 3.